The number of nitrogens with one attached hydrogen (secondary N) is 1. The summed E-state index contributed by atoms with van der Waals surface area (Å²) in [7, 11) is 1.87. The predicted octanol–water partition coefficient (Wildman–Crippen LogP) is 0.238. The van der Waals surface area contributed by atoms with Crippen LogP contribution in [-0.2, 0) is 28.0 Å². The van der Waals surface area contributed by atoms with Gasteiger partial charge in [-0.15, -0.1) is 0 Å². The maximum atomic E-state index is 11.9. The quantitative estimate of drug-likeness (QED) is 0.684. The van der Waals surface area contributed by atoms with E-state index in [1.165, 1.54) is 0 Å². The van der Waals surface area contributed by atoms with Crippen molar-refractivity contribution in [1.82, 2.24) is 14.9 Å². The second-order valence-corrected chi connectivity index (χ2v) is 4.82. The average molecular weight is 297 g/mol. The van der Waals surface area contributed by atoms with Crippen LogP contribution in [0, 0.1) is 11.8 Å². The molecule has 0 spiro atoms. The summed E-state index contributed by atoms with van der Waals surface area (Å²) < 4.78 is 1.84. The molecular weight excluding hydrogens is 278 g/mol. The van der Waals surface area contributed by atoms with Gasteiger partial charge in [0, 0.05) is 25.4 Å². The molecule has 21 heavy (non-hydrogen) atoms. The first-order valence-corrected chi connectivity index (χ1v) is 6.54. The first-order valence-electron chi connectivity index (χ1n) is 6.54. The molecule has 116 valence electrons. The lowest BCUT2D eigenvalue weighted by molar-refractivity contribution is -0.141. The van der Waals surface area contributed by atoms with Gasteiger partial charge in [-0.1, -0.05) is 0 Å². The minimum Gasteiger partial charge on any atom is -0.483 e. The molecule has 1 heterocycles. The van der Waals surface area contributed by atoms with Gasteiger partial charge >= 0.3 is 5.97 Å². The third-order valence-corrected chi connectivity index (χ3v) is 3.49. The number of rotatable bonds is 4. The summed E-state index contributed by atoms with van der Waals surface area (Å²) in [4.78, 5) is 35.2. The zero-order valence-electron chi connectivity index (χ0n) is 11.7. The van der Waals surface area contributed by atoms with E-state index in [-0.39, 0.29) is 24.2 Å². The highest BCUT2D eigenvalue weighted by molar-refractivity contribution is 5.80. The summed E-state index contributed by atoms with van der Waals surface area (Å²) in [6.07, 6.45) is 5.19. The van der Waals surface area contributed by atoms with Crippen molar-refractivity contribution in [2.45, 2.75) is 25.8 Å². The number of carbonyl (C=O) groups is 3. The molecule has 3 N–H and O–H groups in total. The number of imidazole rings is 1. The smallest absolute Gasteiger partial charge is 0.306 e. The molecule has 0 aromatic carbocycles. The number of hydrogen-bond acceptors (Lipinski definition) is 4. The molecule has 1 aliphatic rings. The number of carbonyl (C=O) groups excluding carboxylic acids is 1. The molecule has 1 aromatic rings. The molecule has 1 fully saturated rings. The van der Waals surface area contributed by atoms with Crippen LogP contribution in [0.2, 0.25) is 0 Å². The Kier molecular flexibility index (Phi) is 6.38. The Bertz CT molecular complexity index is 500. The third-order valence-electron chi connectivity index (χ3n) is 3.49. The van der Waals surface area contributed by atoms with Gasteiger partial charge in [-0.3, -0.25) is 14.4 Å². The first-order chi connectivity index (χ1) is 9.99. The molecule has 0 unspecified atom stereocenters. The lowest BCUT2D eigenvalue weighted by atomic mass is 10.0. The molecule has 2 rings (SSSR count). The molecule has 8 heteroatoms. The van der Waals surface area contributed by atoms with E-state index < -0.39 is 5.97 Å². The van der Waals surface area contributed by atoms with Crippen molar-refractivity contribution in [3.63, 3.8) is 0 Å². The van der Waals surface area contributed by atoms with Gasteiger partial charge < -0.3 is 20.1 Å². The Morgan fingerprint density at radius 2 is 2.10 bits per heavy atom. The summed E-state index contributed by atoms with van der Waals surface area (Å²) >= 11 is 0. The van der Waals surface area contributed by atoms with Crippen LogP contribution in [0.25, 0.3) is 0 Å². The van der Waals surface area contributed by atoms with E-state index in [2.05, 4.69) is 10.3 Å². The van der Waals surface area contributed by atoms with E-state index in [0.717, 1.165) is 5.82 Å². The standard InChI is InChI=1S/C12H17N3O3.CH2O2/c1-15-5-4-13-10(15)7-14-11(16)8-2-3-9(6-8)12(17)18;2-1-3/h4-5,8-9H,2-3,6-7H2,1H3,(H,14,16)(H,17,18);1H,(H,2,3)/t8-,9+;/m0./s1. The van der Waals surface area contributed by atoms with Crippen LogP contribution in [0.5, 0.6) is 0 Å². The molecule has 0 radical (unpaired) electrons. The normalized spacial score (nSPS) is 20.2. The number of aryl methyl sites for hydroxylation is 1. The molecule has 1 saturated carbocycles. The summed E-state index contributed by atoms with van der Waals surface area (Å²) in [6, 6.07) is 0. The fourth-order valence-corrected chi connectivity index (χ4v) is 2.32. The van der Waals surface area contributed by atoms with E-state index in [9.17, 15) is 9.59 Å². The van der Waals surface area contributed by atoms with E-state index in [1.807, 2.05) is 17.8 Å². The number of carboxylic acid groups (broad SMARTS) is 2. The monoisotopic (exact) mass is 297 g/mol. The van der Waals surface area contributed by atoms with Crippen LogP contribution in [0.4, 0.5) is 0 Å². The molecule has 0 saturated heterocycles. The second-order valence-electron chi connectivity index (χ2n) is 4.82. The Hall–Kier alpha value is -2.38. The first kappa shape index (κ1) is 16.7. The van der Waals surface area contributed by atoms with Gasteiger partial charge in [-0.25, -0.2) is 4.98 Å². The average Bonchev–Trinajstić information content (AvgIpc) is 3.06. The van der Waals surface area contributed by atoms with Crippen molar-refractivity contribution in [2.24, 2.45) is 18.9 Å². The van der Waals surface area contributed by atoms with Gasteiger partial charge in [-0.05, 0) is 19.3 Å². The SMILES string of the molecule is Cn1ccnc1CNC(=O)[C@H]1CC[C@@H](C(=O)O)C1.O=CO. The Morgan fingerprint density at radius 3 is 2.57 bits per heavy atom. The zero-order chi connectivity index (χ0) is 15.8. The van der Waals surface area contributed by atoms with Gasteiger partial charge in [0.1, 0.15) is 5.82 Å². The molecule has 1 aromatic heterocycles. The molecule has 8 nitrogen and oxygen atoms in total. The van der Waals surface area contributed by atoms with Gasteiger partial charge in [0.25, 0.3) is 6.47 Å². The van der Waals surface area contributed by atoms with E-state index in [4.69, 9.17) is 15.0 Å². The van der Waals surface area contributed by atoms with Crippen molar-refractivity contribution < 1.29 is 24.6 Å². The maximum Gasteiger partial charge on any atom is 0.306 e. The lowest BCUT2D eigenvalue weighted by Crippen LogP contribution is -2.30. The van der Waals surface area contributed by atoms with Crippen LogP contribution in [0.1, 0.15) is 25.1 Å². The summed E-state index contributed by atoms with van der Waals surface area (Å²) in [6.45, 7) is 0.135. The van der Waals surface area contributed by atoms with Gasteiger partial charge in [0.05, 0.1) is 12.5 Å². The van der Waals surface area contributed by atoms with Gasteiger partial charge in [-0.2, -0.15) is 0 Å². The number of hydrogen-bond donors (Lipinski definition) is 3. The molecule has 1 aliphatic carbocycles. The van der Waals surface area contributed by atoms with E-state index >= 15 is 0 Å². The van der Waals surface area contributed by atoms with Crippen LogP contribution in [-0.4, -0.2) is 38.1 Å². The summed E-state index contributed by atoms with van der Waals surface area (Å²) in [5.41, 5.74) is 0. The molecule has 2 atom stereocenters. The topological polar surface area (TPSA) is 122 Å². The van der Waals surface area contributed by atoms with Crippen LogP contribution >= 0.6 is 0 Å². The van der Waals surface area contributed by atoms with E-state index in [0.29, 0.717) is 25.8 Å². The minimum atomic E-state index is -0.797. The molecular formula is C13H19N3O5. The summed E-state index contributed by atoms with van der Waals surface area (Å²) in [5.74, 6) is -0.618. The minimum absolute atomic E-state index is 0.0678. The number of aromatic nitrogens is 2. The van der Waals surface area contributed by atoms with Crippen LogP contribution in [0.3, 0.4) is 0 Å². The van der Waals surface area contributed by atoms with Crippen molar-refractivity contribution >= 4 is 18.3 Å². The fraction of sp³-hybridized carbons (Fsp3) is 0.538. The van der Waals surface area contributed by atoms with Crippen molar-refractivity contribution in [1.29, 1.82) is 0 Å². The molecule has 0 bridgehead atoms. The van der Waals surface area contributed by atoms with Gasteiger partial charge in [0.2, 0.25) is 5.91 Å². The molecule has 1 amide bonds. The second kappa shape index (κ2) is 8.03. The van der Waals surface area contributed by atoms with Crippen molar-refractivity contribution in [3.8, 4) is 0 Å². The third kappa shape index (κ3) is 4.90. The lowest BCUT2D eigenvalue weighted by Gasteiger charge is -2.10. The van der Waals surface area contributed by atoms with Gasteiger partial charge in [0.15, 0.2) is 0 Å². The predicted molar refractivity (Wildman–Crippen MR) is 72.2 cm³/mol. The maximum absolute atomic E-state index is 11.9. The Morgan fingerprint density at radius 1 is 1.48 bits per heavy atom. The highest BCUT2D eigenvalue weighted by Crippen LogP contribution is 2.31. The highest BCUT2D eigenvalue weighted by Gasteiger charge is 2.33. The fourth-order valence-electron chi connectivity index (χ4n) is 2.32. The largest absolute Gasteiger partial charge is 0.483 e. The Balaban J connectivity index is 0.000000677. The zero-order valence-corrected chi connectivity index (χ0v) is 11.7. The van der Waals surface area contributed by atoms with Crippen molar-refractivity contribution in [3.05, 3.63) is 18.2 Å². The number of nitrogens with zero attached hydrogens (tertiary/aromatic N) is 2. The Labute approximate surface area is 121 Å². The van der Waals surface area contributed by atoms with Crippen LogP contribution < -0.4 is 5.32 Å². The molecule has 0 aliphatic heterocycles. The number of carboxylic acids is 1. The van der Waals surface area contributed by atoms with E-state index in [1.54, 1.807) is 6.20 Å². The number of aliphatic carboxylic acids is 1. The van der Waals surface area contributed by atoms with Crippen molar-refractivity contribution in [2.75, 3.05) is 0 Å². The van der Waals surface area contributed by atoms with Crippen LogP contribution in [0.15, 0.2) is 12.4 Å². The number of amides is 1. The summed E-state index contributed by atoms with van der Waals surface area (Å²) in [5, 5.41) is 18.6. The highest BCUT2D eigenvalue weighted by atomic mass is 16.4.